The van der Waals surface area contributed by atoms with E-state index >= 15 is 0 Å². The molecule has 0 saturated carbocycles. The standard InChI is InChI=1S/C10H12N2/c1-4-9-7-6-8(3)12-10(9)11-5-2/h4-7H,1H2,2-3H3/b11-5-. The van der Waals surface area contributed by atoms with Crippen LogP contribution in [0, 0.1) is 6.92 Å². The second kappa shape index (κ2) is 3.81. The van der Waals surface area contributed by atoms with Crippen molar-refractivity contribution in [1.29, 1.82) is 0 Å². The van der Waals surface area contributed by atoms with Crippen molar-refractivity contribution in [2.75, 3.05) is 0 Å². The second-order valence-corrected chi connectivity index (χ2v) is 2.46. The highest BCUT2D eigenvalue weighted by Crippen LogP contribution is 2.16. The Kier molecular flexibility index (Phi) is 2.75. The van der Waals surface area contributed by atoms with Crippen LogP contribution < -0.4 is 0 Å². The first-order valence-corrected chi connectivity index (χ1v) is 3.86. The minimum atomic E-state index is 0.743. The van der Waals surface area contributed by atoms with E-state index in [1.54, 1.807) is 12.3 Å². The van der Waals surface area contributed by atoms with Crippen molar-refractivity contribution in [2.45, 2.75) is 13.8 Å². The van der Waals surface area contributed by atoms with Crippen molar-refractivity contribution in [3.8, 4) is 0 Å². The normalized spacial score (nSPS) is 10.5. The van der Waals surface area contributed by atoms with E-state index in [0.717, 1.165) is 17.1 Å². The predicted molar refractivity (Wildman–Crippen MR) is 52.9 cm³/mol. The summed E-state index contributed by atoms with van der Waals surface area (Å²) in [6.45, 7) is 7.51. The molecule has 0 aliphatic carbocycles. The maximum absolute atomic E-state index is 4.26. The Bertz CT molecular complexity index is 314. The van der Waals surface area contributed by atoms with E-state index in [4.69, 9.17) is 0 Å². The van der Waals surface area contributed by atoms with Crippen molar-refractivity contribution < 1.29 is 0 Å². The fraction of sp³-hybridized carbons (Fsp3) is 0.200. The molecule has 0 unspecified atom stereocenters. The van der Waals surface area contributed by atoms with E-state index < -0.39 is 0 Å². The average molecular weight is 160 g/mol. The molecular formula is C10H12N2. The van der Waals surface area contributed by atoms with Crippen LogP contribution in [0.25, 0.3) is 6.08 Å². The molecule has 62 valence electrons. The molecule has 0 radical (unpaired) electrons. The van der Waals surface area contributed by atoms with Crippen molar-refractivity contribution in [3.05, 3.63) is 30.0 Å². The largest absolute Gasteiger partial charge is 0.241 e. The number of aliphatic imine (C=N–C) groups is 1. The summed E-state index contributed by atoms with van der Waals surface area (Å²) in [5.41, 5.74) is 1.94. The SMILES string of the molecule is C=Cc1ccc(C)nc1/N=C\C. The van der Waals surface area contributed by atoms with Crippen molar-refractivity contribution in [1.82, 2.24) is 4.98 Å². The van der Waals surface area contributed by atoms with Gasteiger partial charge in [-0.25, -0.2) is 9.98 Å². The second-order valence-electron chi connectivity index (χ2n) is 2.46. The highest BCUT2D eigenvalue weighted by molar-refractivity contribution is 5.66. The van der Waals surface area contributed by atoms with Gasteiger partial charge in [-0.1, -0.05) is 12.7 Å². The van der Waals surface area contributed by atoms with Crippen LogP contribution in [-0.2, 0) is 0 Å². The molecule has 0 N–H and O–H groups in total. The van der Waals surface area contributed by atoms with E-state index in [1.165, 1.54) is 0 Å². The van der Waals surface area contributed by atoms with Gasteiger partial charge in [-0.3, -0.25) is 0 Å². The van der Waals surface area contributed by atoms with Crippen LogP contribution in [0.5, 0.6) is 0 Å². The number of nitrogens with zero attached hydrogens (tertiary/aromatic N) is 2. The summed E-state index contributed by atoms with van der Waals surface area (Å²) in [5.74, 6) is 0.743. The first-order chi connectivity index (χ1) is 5.77. The monoisotopic (exact) mass is 160 g/mol. The minimum absolute atomic E-state index is 0.743. The van der Waals surface area contributed by atoms with Gasteiger partial charge in [0, 0.05) is 17.5 Å². The van der Waals surface area contributed by atoms with E-state index in [1.807, 2.05) is 26.0 Å². The molecule has 0 fully saturated rings. The molecule has 1 rings (SSSR count). The Morgan fingerprint density at radius 3 is 2.83 bits per heavy atom. The number of hydrogen-bond donors (Lipinski definition) is 0. The zero-order valence-electron chi connectivity index (χ0n) is 7.41. The van der Waals surface area contributed by atoms with Crippen LogP contribution in [0.4, 0.5) is 5.82 Å². The molecule has 1 heterocycles. The maximum atomic E-state index is 4.26. The zero-order valence-corrected chi connectivity index (χ0v) is 7.41. The Morgan fingerprint density at radius 1 is 1.50 bits per heavy atom. The van der Waals surface area contributed by atoms with Gasteiger partial charge in [0.05, 0.1) is 0 Å². The van der Waals surface area contributed by atoms with Crippen molar-refractivity contribution in [2.24, 2.45) is 4.99 Å². The number of hydrogen-bond acceptors (Lipinski definition) is 2. The Hall–Kier alpha value is -1.44. The summed E-state index contributed by atoms with van der Waals surface area (Å²) in [6, 6.07) is 3.92. The topological polar surface area (TPSA) is 25.2 Å². The average Bonchev–Trinajstić information content (AvgIpc) is 2.05. The lowest BCUT2D eigenvalue weighted by Crippen LogP contribution is -1.83. The number of aromatic nitrogens is 1. The Labute approximate surface area is 72.7 Å². The van der Waals surface area contributed by atoms with Gasteiger partial charge in [0.15, 0.2) is 5.82 Å². The van der Waals surface area contributed by atoms with Crippen LogP contribution in [0.1, 0.15) is 18.2 Å². The fourth-order valence-corrected chi connectivity index (χ4v) is 0.939. The molecule has 1 aromatic rings. The van der Waals surface area contributed by atoms with Gasteiger partial charge in [0.1, 0.15) is 0 Å². The molecule has 0 amide bonds. The van der Waals surface area contributed by atoms with Gasteiger partial charge in [-0.05, 0) is 26.0 Å². The number of aryl methyl sites for hydroxylation is 1. The minimum Gasteiger partial charge on any atom is -0.241 e. The van der Waals surface area contributed by atoms with E-state index in [2.05, 4.69) is 16.6 Å². The molecule has 0 atom stereocenters. The number of rotatable bonds is 2. The van der Waals surface area contributed by atoms with Crippen molar-refractivity contribution in [3.63, 3.8) is 0 Å². The van der Waals surface area contributed by atoms with Gasteiger partial charge in [0.2, 0.25) is 0 Å². The van der Waals surface area contributed by atoms with Gasteiger partial charge >= 0.3 is 0 Å². The van der Waals surface area contributed by atoms with E-state index in [-0.39, 0.29) is 0 Å². The van der Waals surface area contributed by atoms with Gasteiger partial charge in [-0.2, -0.15) is 0 Å². The molecular weight excluding hydrogens is 148 g/mol. The fourth-order valence-electron chi connectivity index (χ4n) is 0.939. The molecule has 0 bridgehead atoms. The summed E-state index contributed by atoms with van der Waals surface area (Å²) in [7, 11) is 0. The third-order valence-electron chi connectivity index (χ3n) is 1.52. The molecule has 12 heavy (non-hydrogen) atoms. The zero-order chi connectivity index (χ0) is 8.97. The smallest absolute Gasteiger partial charge is 0.158 e. The molecule has 2 heteroatoms. The first-order valence-electron chi connectivity index (χ1n) is 3.86. The molecule has 2 nitrogen and oxygen atoms in total. The third-order valence-corrected chi connectivity index (χ3v) is 1.52. The van der Waals surface area contributed by atoms with Crippen LogP contribution in [0.2, 0.25) is 0 Å². The molecule has 0 saturated heterocycles. The molecule has 0 aliphatic rings. The Morgan fingerprint density at radius 2 is 2.25 bits per heavy atom. The summed E-state index contributed by atoms with van der Waals surface area (Å²) >= 11 is 0. The summed E-state index contributed by atoms with van der Waals surface area (Å²) < 4.78 is 0. The quantitative estimate of drug-likeness (QED) is 0.611. The summed E-state index contributed by atoms with van der Waals surface area (Å²) in [5, 5.41) is 0. The van der Waals surface area contributed by atoms with Gasteiger partial charge in [0.25, 0.3) is 0 Å². The van der Waals surface area contributed by atoms with Crippen molar-refractivity contribution >= 4 is 18.1 Å². The highest BCUT2D eigenvalue weighted by atomic mass is 14.9. The molecule has 1 aromatic heterocycles. The lowest BCUT2D eigenvalue weighted by atomic mass is 10.2. The third kappa shape index (κ3) is 1.78. The highest BCUT2D eigenvalue weighted by Gasteiger charge is 1.97. The first kappa shape index (κ1) is 8.65. The van der Waals surface area contributed by atoms with E-state index in [0.29, 0.717) is 0 Å². The van der Waals surface area contributed by atoms with Crippen LogP contribution in [0.3, 0.4) is 0 Å². The van der Waals surface area contributed by atoms with Gasteiger partial charge < -0.3 is 0 Å². The van der Waals surface area contributed by atoms with Crippen LogP contribution in [0.15, 0.2) is 23.7 Å². The lowest BCUT2D eigenvalue weighted by Gasteiger charge is -1.99. The molecule has 0 aromatic carbocycles. The summed E-state index contributed by atoms with van der Waals surface area (Å²) in [4.78, 5) is 8.40. The lowest BCUT2D eigenvalue weighted by molar-refractivity contribution is 1.17. The Balaban J connectivity index is 3.20. The predicted octanol–water partition coefficient (Wildman–Crippen LogP) is 2.76. The van der Waals surface area contributed by atoms with Crippen LogP contribution in [-0.4, -0.2) is 11.2 Å². The van der Waals surface area contributed by atoms with E-state index in [9.17, 15) is 0 Å². The molecule has 0 aliphatic heterocycles. The number of pyridine rings is 1. The maximum Gasteiger partial charge on any atom is 0.158 e. The molecule has 0 spiro atoms. The van der Waals surface area contributed by atoms with Gasteiger partial charge in [-0.15, -0.1) is 0 Å². The summed E-state index contributed by atoms with van der Waals surface area (Å²) in [6.07, 6.45) is 3.49. The van der Waals surface area contributed by atoms with Crippen LogP contribution >= 0.6 is 0 Å².